The van der Waals surface area contributed by atoms with E-state index in [9.17, 15) is 0 Å². The number of hydrogen-bond acceptors (Lipinski definition) is 4. The van der Waals surface area contributed by atoms with Crippen LogP contribution in [0.5, 0.6) is 5.75 Å². The molecule has 0 aromatic heterocycles. The Kier molecular flexibility index (Phi) is 5.15. The number of ether oxygens (including phenoxy) is 1. The summed E-state index contributed by atoms with van der Waals surface area (Å²) in [7, 11) is 1.56. The van der Waals surface area contributed by atoms with Crippen molar-refractivity contribution in [3.63, 3.8) is 0 Å². The predicted molar refractivity (Wildman–Crippen MR) is 71.9 cm³/mol. The maximum atomic E-state index is 8.72. The monoisotopic (exact) mass is 254 g/mol. The topological polar surface area (TPSA) is 67.8 Å². The fraction of sp³-hybridized carbons (Fsp3) is 0.417. The maximum absolute atomic E-state index is 8.72. The van der Waals surface area contributed by atoms with Gasteiger partial charge in [-0.2, -0.15) is 11.8 Å². The van der Waals surface area contributed by atoms with Gasteiger partial charge in [0.25, 0.3) is 0 Å². The number of nitrogens with zero attached hydrogens (tertiary/aromatic N) is 1. The van der Waals surface area contributed by atoms with Crippen molar-refractivity contribution in [1.82, 2.24) is 0 Å². The zero-order valence-electron chi connectivity index (χ0n) is 10.3. The van der Waals surface area contributed by atoms with E-state index in [0.717, 1.165) is 11.3 Å². The molecule has 0 heterocycles. The SMILES string of the molecule is COc1ccc(CSC(C)C)cc1/C(N)=N/O. The van der Waals surface area contributed by atoms with Crippen molar-refractivity contribution < 1.29 is 9.94 Å². The van der Waals surface area contributed by atoms with Gasteiger partial charge in [0.2, 0.25) is 0 Å². The second kappa shape index (κ2) is 6.39. The van der Waals surface area contributed by atoms with E-state index in [2.05, 4.69) is 19.0 Å². The molecule has 17 heavy (non-hydrogen) atoms. The molecule has 0 radical (unpaired) electrons. The Morgan fingerprint density at radius 3 is 2.76 bits per heavy atom. The maximum Gasteiger partial charge on any atom is 0.173 e. The number of benzene rings is 1. The lowest BCUT2D eigenvalue weighted by Crippen LogP contribution is -2.14. The van der Waals surface area contributed by atoms with Crippen LogP contribution in [0.25, 0.3) is 0 Å². The molecule has 0 saturated carbocycles. The number of oxime groups is 1. The number of methoxy groups -OCH3 is 1. The molecule has 0 saturated heterocycles. The van der Waals surface area contributed by atoms with Gasteiger partial charge in [-0.3, -0.25) is 0 Å². The minimum Gasteiger partial charge on any atom is -0.496 e. The lowest BCUT2D eigenvalue weighted by molar-refractivity contribution is 0.318. The first-order chi connectivity index (χ1) is 8.08. The van der Waals surface area contributed by atoms with Crippen molar-refractivity contribution in [2.24, 2.45) is 10.9 Å². The summed E-state index contributed by atoms with van der Waals surface area (Å²) < 4.78 is 5.17. The molecule has 0 spiro atoms. The Balaban J connectivity index is 2.96. The second-order valence-electron chi connectivity index (χ2n) is 3.88. The van der Waals surface area contributed by atoms with Crippen LogP contribution >= 0.6 is 11.8 Å². The number of nitrogens with two attached hydrogens (primary N) is 1. The third-order valence-electron chi connectivity index (χ3n) is 2.23. The first-order valence-electron chi connectivity index (χ1n) is 5.35. The molecule has 0 fully saturated rings. The van der Waals surface area contributed by atoms with E-state index in [0.29, 0.717) is 16.6 Å². The predicted octanol–water partition coefficient (Wildman–Crippen LogP) is 2.43. The highest BCUT2D eigenvalue weighted by Crippen LogP contribution is 2.23. The lowest BCUT2D eigenvalue weighted by Gasteiger charge is -2.10. The average molecular weight is 254 g/mol. The smallest absolute Gasteiger partial charge is 0.173 e. The van der Waals surface area contributed by atoms with E-state index in [1.807, 2.05) is 30.0 Å². The van der Waals surface area contributed by atoms with Gasteiger partial charge in [0.05, 0.1) is 12.7 Å². The van der Waals surface area contributed by atoms with Gasteiger partial charge in [0, 0.05) is 5.75 Å². The minimum absolute atomic E-state index is 0.0678. The van der Waals surface area contributed by atoms with Crippen LogP contribution in [0.4, 0.5) is 0 Å². The molecule has 5 heteroatoms. The summed E-state index contributed by atoms with van der Waals surface area (Å²) in [6.45, 7) is 4.30. The van der Waals surface area contributed by atoms with Gasteiger partial charge in [-0.15, -0.1) is 0 Å². The highest BCUT2D eigenvalue weighted by molar-refractivity contribution is 7.99. The van der Waals surface area contributed by atoms with E-state index in [1.165, 1.54) is 0 Å². The lowest BCUT2D eigenvalue weighted by atomic mass is 10.1. The van der Waals surface area contributed by atoms with Crippen LogP contribution in [0, 0.1) is 0 Å². The van der Waals surface area contributed by atoms with E-state index >= 15 is 0 Å². The van der Waals surface area contributed by atoms with Crippen LogP contribution in [-0.4, -0.2) is 23.4 Å². The van der Waals surface area contributed by atoms with Gasteiger partial charge in [-0.05, 0) is 22.9 Å². The van der Waals surface area contributed by atoms with Crippen LogP contribution in [0.3, 0.4) is 0 Å². The largest absolute Gasteiger partial charge is 0.496 e. The first kappa shape index (κ1) is 13.7. The molecule has 0 aliphatic rings. The Bertz CT molecular complexity index is 405. The summed E-state index contributed by atoms with van der Waals surface area (Å²) in [4.78, 5) is 0. The summed E-state index contributed by atoms with van der Waals surface area (Å²) in [6, 6.07) is 5.72. The number of thioether (sulfide) groups is 1. The van der Waals surface area contributed by atoms with Gasteiger partial charge in [0.15, 0.2) is 5.84 Å². The van der Waals surface area contributed by atoms with Crippen LogP contribution < -0.4 is 10.5 Å². The van der Waals surface area contributed by atoms with E-state index < -0.39 is 0 Å². The average Bonchev–Trinajstić information content (AvgIpc) is 2.34. The molecular formula is C12H18N2O2S. The molecule has 1 aromatic rings. The van der Waals surface area contributed by atoms with Crippen molar-refractivity contribution >= 4 is 17.6 Å². The van der Waals surface area contributed by atoms with Gasteiger partial charge in [-0.1, -0.05) is 25.1 Å². The third kappa shape index (κ3) is 3.85. The zero-order chi connectivity index (χ0) is 12.8. The second-order valence-corrected chi connectivity index (χ2v) is 5.44. The quantitative estimate of drug-likeness (QED) is 0.366. The molecule has 4 nitrogen and oxygen atoms in total. The highest BCUT2D eigenvalue weighted by atomic mass is 32.2. The number of amidine groups is 1. The first-order valence-corrected chi connectivity index (χ1v) is 6.39. The summed E-state index contributed by atoms with van der Waals surface area (Å²) >= 11 is 1.84. The Morgan fingerprint density at radius 2 is 2.24 bits per heavy atom. The van der Waals surface area contributed by atoms with Crippen molar-refractivity contribution in [1.29, 1.82) is 0 Å². The van der Waals surface area contributed by atoms with Gasteiger partial charge >= 0.3 is 0 Å². The minimum atomic E-state index is 0.0678. The van der Waals surface area contributed by atoms with Crippen molar-refractivity contribution in [3.05, 3.63) is 29.3 Å². The molecular weight excluding hydrogens is 236 g/mol. The van der Waals surface area contributed by atoms with E-state index in [-0.39, 0.29) is 5.84 Å². The molecule has 94 valence electrons. The van der Waals surface area contributed by atoms with Gasteiger partial charge in [0.1, 0.15) is 5.75 Å². The van der Waals surface area contributed by atoms with Crippen molar-refractivity contribution in [2.75, 3.05) is 7.11 Å². The fourth-order valence-corrected chi connectivity index (χ4v) is 2.07. The molecule has 0 atom stereocenters. The van der Waals surface area contributed by atoms with Crippen molar-refractivity contribution in [3.8, 4) is 5.75 Å². The normalized spacial score (nSPS) is 11.9. The van der Waals surface area contributed by atoms with Crippen LogP contribution in [0.1, 0.15) is 25.0 Å². The Hall–Kier alpha value is -1.36. The molecule has 0 aliphatic carbocycles. The van der Waals surface area contributed by atoms with Gasteiger partial charge < -0.3 is 15.7 Å². The number of hydrogen-bond donors (Lipinski definition) is 2. The molecule has 0 unspecified atom stereocenters. The summed E-state index contributed by atoms with van der Waals surface area (Å²) in [5, 5.41) is 12.3. The Labute approximate surface area is 106 Å². The summed E-state index contributed by atoms with van der Waals surface area (Å²) in [6.07, 6.45) is 0. The molecule has 0 aliphatic heterocycles. The van der Waals surface area contributed by atoms with Gasteiger partial charge in [-0.25, -0.2) is 0 Å². The fourth-order valence-electron chi connectivity index (χ4n) is 1.36. The number of rotatable bonds is 5. The highest BCUT2D eigenvalue weighted by Gasteiger charge is 2.09. The van der Waals surface area contributed by atoms with Crippen LogP contribution in [0.2, 0.25) is 0 Å². The van der Waals surface area contributed by atoms with E-state index in [4.69, 9.17) is 15.7 Å². The molecule has 0 amide bonds. The van der Waals surface area contributed by atoms with Crippen molar-refractivity contribution in [2.45, 2.75) is 24.9 Å². The van der Waals surface area contributed by atoms with E-state index in [1.54, 1.807) is 7.11 Å². The standard InChI is InChI=1S/C12H18N2O2S/c1-8(2)17-7-9-4-5-11(16-3)10(6-9)12(13)14-15/h4-6,8,15H,7H2,1-3H3,(H2,13,14). The molecule has 3 N–H and O–H groups in total. The zero-order valence-corrected chi connectivity index (χ0v) is 11.1. The van der Waals surface area contributed by atoms with Crippen LogP contribution in [-0.2, 0) is 5.75 Å². The molecule has 1 aromatic carbocycles. The Morgan fingerprint density at radius 1 is 1.53 bits per heavy atom. The molecule has 1 rings (SSSR count). The van der Waals surface area contributed by atoms with Crippen LogP contribution in [0.15, 0.2) is 23.4 Å². The third-order valence-corrected chi connectivity index (χ3v) is 3.40. The molecule has 0 bridgehead atoms. The summed E-state index contributed by atoms with van der Waals surface area (Å²) in [5.74, 6) is 1.57. The summed E-state index contributed by atoms with van der Waals surface area (Å²) in [5.41, 5.74) is 7.36.